The molecule has 3 rings (SSSR count). The van der Waals surface area contributed by atoms with E-state index in [9.17, 15) is 4.79 Å². The lowest BCUT2D eigenvalue weighted by molar-refractivity contribution is 0.186. The molecule has 0 bridgehead atoms. The number of benzene rings is 1. The number of rotatable bonds is 2. The molecule has 0 saturated carbocycles. The maximum Gasteiger partial charge on any atom is 0.321 e. The van der Waals surface area contributed by atoms with E-state index < -0.39 is 0 Å². The fourth-order valence-electron chi connectivity index (χ4n) is 3.01. The van der Waals surface area contributed by atoms with E-state index in [0.717, 1.165) is 49.5 Å². The van der Waals surface area contributed by atoms with E-state index in [-0.39, 0.29) is 6.03 Å². The molecule has 1 aromatic heterocycles. The first-order chi connectivity index (χ1) is 10.2. The van der Waals surface area contributed by atoms with Gasteiger partial charge in [-0.05, 0) is 31.7 Å². The number of para-hydroxylation sites is 1. The van der Waals surface area contributed by atoms with Crippen LogP contribution < -0.4 is 5.32 Å². The van der Waals surface area contributed by atoms with Crippen LogP contribution >= 0.6 is 0 Å². The zero-order chi connectivity index (χ0) is 14.8. The van der Waals surface area contributed by atoms with Crippen molar-refractivity contribution in [3.63, 3.8) is 0 Å². The summed E-state index contributed by atoms with van der Waals surface area (Å²) in [7, 11) is 0. The summed E-state index contributed by atoms with van der Waals surface area (Å²) in [4.78, 5) is 14.3. The Labute approximate surface area is 125 Å². The highest BCUT2D eigenvalue weighted by Gasteiger charge is 2.21. The van der Waals surface area contributed by atoms with Crippen molar-refractivity contribution in [3.05, 3.63) is 30.5 Å². The van der Waals surface area contributed by atoms with Crippen LogP contribution in [0, 0.1) is 5.92 Å². The minimum atomic E-state index is 0.0286. The van der Waals surface area contributed by atoms with Crippen molar-refractivity contribution in [2.45, 2.75) is 33.2 Å². The van der Waals surface area contributed by atoms with E-state index in [1.807, 2.05) is 23.2 Å². The number of hydrogen-bond acceptors (Lipinski definition) is 1. The number of aryl methyl sites for hydroxylation is 1. The van der Waals surface area contributed by atoms with Crippen molar-refractivity contribution in [2.75, 3.05) is 18.4 Å². The number of nitrogens with one attached hydrogen (secondary N) is 1. The van der Waals surface area contributed by atoms with E-state index in [0.29, 0.717) is 0 Å². The van der Waals surface area contributed by atoms with Gasteiger partial charge in [0.15, 0.2) is 0 Å². The van der Waals surface area contributed by atoms with Crippen molar-refractivity contribution in [1.29, 1.82) is 0 Å². The Kier molecular flexibility index (Phi) is 3.86. The van der Waals surface area contributed by atoms with Crippen molar-refractivity contribution in [1.82, 2.24) is 9.47 Å². The van der Waals surface area contributed by atoms with E-state index >= 15 is 0 Å². The summed E-state index contributed by atoms with van der Waals surface area (Å²) in [5, 5.41) is 4.20. The number of likely N-dealkylation sites (tertiary alicyclic amines) is 1. The largest absolute Gasteiger partial charge is 0.346 e. The molecule has 0 aliphatic carbocycles. The van der Waals surface area contributed by atoms with E-state index in [1.54, 1.807) is 0 Å². The van der Waals surface area contributed by atoms with Gasteiger partial charge in [0.05, 0.1) is 11.2 Å². The van der Waals surface area contributed by atoms with Crippen LogP contribution in [0.2, 0.25) is 0 Å². The summed E-state index contributed by atoms with van der Waals surface area (Å²) in [5.74, 6) is 0.732. The van der Waals surface area contributed by atoms with Gasteiger partial charge in [-0.15, -0.1) is 0 Å². The van der Waals surface area contributed by atoms with Gasteiger partial charge in [0, 0.05) is 31.2 Å². The standard InChI is InChI=1S/C17H23N3O/c1-3-19-12-15(14-6-4-5-7-16(14)19)18-17(21)20-10-8-13(2)9-11-20/h4-7,12-13H,3,8-11H2,1-2H3,(H,18,21). The van der Waals surface area contributed by atoms with Gasteiger partial charge in [0.1, 0.15) is 0 Å². The lowest BCUT2D eigenvalue weighted by Crippen LogP contribution is -2.40. The summed E-state index contributed by atoms with van der Waals surface area (Å²) in [5.41, 5.74) is 2.08. The number of amides is 2. The number of aromatic nitrogens is 1. The highest BCUT2D eigenvalue weighted by Crippen LogP contribution is 2.26. The molecule has 1 aliphatic rings. The zero-order valence-corrected chi connectivity index (χ0v) is 12.8. The molecule has 2 amide bonds. The number of fused-ring (bicyclic) bond motifs is 1. The normalized spacial score (nSPS) is 16.4. The average Bonchev–Trinajstić information content (AvgIpc) is 2.86. The Hall–Kier alpha value is -1.97. The van der Waals surface area contributed by atoms with Crippen molar-refractivity contribution in [2.24, 2.45) is 5.92 Å². The first-order valence-electron chi connectivity index (χ1n) is 7.83. The van der Waals surface area contributed by atoms with Gasteiger partial charge in [0.2, 0.25) is 0 Å². The topological polar surface area (TPSA) is 37.3 Å². The quantitative estimate of drug-likeness (QED) is 0.892. The van der Waals surface area contributed by atoms with Crippen molar-refractivity contribution in [3.8, 4) is 0 Å². The maximum atomic E-state index is 12.4. The summed E-state index contributed by atoms with van der Waals surface area (Å²) in [6.07, 6.45) is 4.24. The number of hydrogen-bond donors (Lipinski definition) is 1. The van der Waals surface area contributed by atoms with Gasteiger partial charge >= 0.3 is 6.03 Å². The second-order valence-electron chi connectivity index (χ2n) is 5.95. The first kappa shape index (κ1) is 14.0. The van der Waals surface area contributed by atoms with Crippen molar-refractivity contribution < 1.29 is 4.79 Å². The second-order valence-corrected chi connectivity index (χ2v) is 5.95. The molecule has 2 heterocycles. The second kappa shape index (κ2) is 5.80. The molecule has 1 saturated heterocycles. The molecule has 0 unspecified atom stereocenters. The Bertz CT molecular complexity index is 639. The number of anilines is 1. The van der Waals surface area contributed by atoms with Gasteiger partial charge in [-0.2, -0.15) is 0 Å². The number of nitrogens with zero attached hydrogens (tertiary/aromatic N) is 2. The molecule has 1 N–H and O–H groups in total. The predicted molar refractivity (Wildman–Crippen MR) is 86.6 cm³/mol. The average molecular weight is 285 g/mol. The number of carbonyl (C=O) groups is 1. The molecule has 4 nitrogen and oxygen atoms in total. The Morgan fingerprint density at radius 3 is 2.71 bits per heavy atom. The Balaban J connectivity index is 1.80. The van der Waals surface area contributed by atoms with Crippen LogP contribution in [0.3, 0.4) is 0 Å². The highest BCUT2D eigenvalue weighted by molar-refractivity contribution is 6.01. The molecule has 112 valence electrons. The van der Waals surface area contributed by atoms with Gasteiger partial charge in [0.25, 0.3) is 0 Å². The number of carbonyl (C=O) groups excluding carboxylic acids is 1. The minimum absolute atomic E-state index is 0.0286. The van der Waals surface area contributed by atoms with Crippen LogP contribution in [-0.2, 0) is 6.54 Å². The monoisotopic (exact) mass is 285 g/mol. The molecule has 21 heavy (non-hydrogen) atoms. The minimum Gasteiger partial charge on any atom is -0.346 e. The molecule has 1 fully saturated rings. The molecule has 0 spiro atoms. The van der Waals surface area contributed by atoms with E-state index in [4.69, 9.17) is 0 Å². The lowest BCUT2D eigenvalue weighted by Gasteiger charge is -2.30. The predicted octanol–water partition coefficient (Wildman–Crippen LogP) is 3.93. The number of piperidine rings is 1. The molecule has 2 aromatic rings. The molecular formula is C17H23N3O. The molecule has 0 radical (unpaired) electrons. The van der Waals surface area contributed by atoms with Gasteiger partial charge < -0.3 is 14.8 Å². The fourth-order valence-corrected chi connectivity index (χ4v) is 3.01. The van der Waals surface area contributed by atoms with Crippen molar-refractivity contribution >= 4 is 22.6 Å². The number of urea groups is 1. The fraction of sp³-hybridized carbons (Fsp3) is 0.471. The lowest BCUT2D eigenvalue weighted by atomic mass is 10.00. The SMILES string of the molecule is CCn1cc(NC(=O)N2CCC(C)CC2)c2ccccc21. The summed E-state index contributed by atoms with van der Waals surface area (Å²) >= 11 is 0. The first-order valence-corrected chi connectivity index (χ1v) is 7.83. The van der Waals surface area contributed by atoms with Crippen LogP contribution in [-0.4, -0.2) is 28.6 Å². The maximum absolute atomic E-state index is 12.4. The Morgan fingerprint density at radius 2 is 2.00 bits per heavy atom. The molecular weight excluding hydrogens is 262 g/mol. The summed E-state index contributed by atoms with van der Waals surface area (Å²) in [6, 6.07) is 8.24. The van der Waals surface area contributed by atoms with E-state index in [1.165, 1.54) is 5.52 Å². The van der Waals surface area contributed by atoms with Gasteiger partial charge in [-0.3, -0.25) is 0 Å². The Morgan fingerprint density at radius 1 is 1.29 bits per heavy atom. The molecule has 1 aliphatic heterocycles. The molecule has 1 aromatic carbocycles. The summed E-state index contributed by atoms with van der Waals surface area (Å²) < 4.78 is 2.17. The van der Waals surface area contributed by atoms with Crippen LogP contribution in [0.1, 0.15) is 26.7 Å². The van der Waals surface area contributed by atoms with E-state index in [2.05, 4.69) is 35.9 Å². The highest BCUT2D eigenvalue weighted by atomic mass is 16.2. The van der Waals surface area contributed by atoms with Crippen LogP contribution in [0.5, 0.6) is 0 Å². The van der Waals surface area contributed by atoms with Crippen LogP contribution in [0.4, 0.5) is 10.5 Å². The summed E-state index contributed by atoms with van der Waals surface area (Å²) in [6.45, 7) is 6.99. The van der Waals surface area contributed by atoms with Gasteiger partial charge in [-0.25, -0.2) is 4.79 Å². The molecule has 0 atom stereocenters. The zero-order valence-electron chi connectivity index (χ0n) is 12.8. The van der Waals surface area contributed by atoms with Gasteiger partial charge in [-0.1, -0.05) is 25.1 Å². The van der Waals surface area contributed by atoms with Crippen LogP contribution in [0.15, 0.2) is 30.5 Å². The third kappa shape index (κ3) is 2.75. The third-order valence-corrected chi connectivity index (χ3v) is 4.44. The van der Waals surface area contributed by atoms with Crippen LogP contribution in [0.25, 0.3) is 10.9 Å². The smallest absolute Gasteiger partial charge is 0.321 e. The molecule has 4 heteroatoms. The third-order valence-electron chi connectivity index (χ3n) is 4.44.